The fourth-order valence-electron chi connectivity index (χ4n) is 1.61. The van der Waals surface area contributed by atoms with Crippen molar-refractivity contribution in [3.8, 4) is 5.75 Å². The first kappa shape index (κ1) is 10.5. The van der Waals surface area contributed by atoms with Crippen LogP contribution in [0.5, 0.6) is 5.75 Å². The zero-order chi connectivity index (χ0) is 11.4. The SMILES string of the molecule is C=CCOc1ccc2cc(C=C)ccc2c1. The van der Waals surface area contributed by atoms with Crippen LogP contribution < -0.4 is 4.74 Å². The minimum absolute atomic E-state index is 0.538. The fraction of sp³-hybridized carbons (Fsp3) is 0.0667. The predicted octanol–water partition coefficient (Wildman–Crippen LogP) is 4.05. The fourth-order valence-corrected chi connectivity index (χ4v) is 1.61. The third kappa shape index (κ3) is 2.14. The van der Waals surface area contributed by atoms with Crippen molar-refractivity contribution in [1.29, 1.82) is 0 Å². The quantitative estimate of drug-likeness (QED) is 0.692. The maximum Gasteiger partial charge on any atom is 0.120 e. The van der Waals surface area contributed by atoms with Crippen LogP contribution in [0.25, 0.3) is 16.8 Å². The maximum atomic E-state index is 5.48. The Bertz CT molecular complexity index is 526. The largest absolute Gasteiger partial charge is 0.490 e. The van der Waals surface area contributed by atoms with Gasteiger partial charge in [-0.05, 0) is 34.5 Å². The molecule has 0 aliphatic carbocycles. The molecule has 0 saturated carbocycles. The van der Waals surface area contributed by atoms with E-state index < -0.39 is 0 Å². The second-order valence-electron chi connectivity index (χ2n) is 3.57. The molecule has 2 aromatic rings. The molecule has 0 bridgehead atoms. The van der Waals surface area contributed by atoms with Gasteiger partial charge in [0, 0.05) is 0 Å². The lowest BCUT2D eigenvalue weighted by atomic mass is 10.1. The van der Waals surface area contributed by atoms with Crippen LogP contribution >= 0.6 is 0 Å². The van der Waals surface area contributed by atoms with E-state index in [4.69, 9.17) is 4.74 Å². The van der Waals surface area contributed by atoms with E-state index in [2.05, 4.69) is 31.4 Å². The number of fused-ring (bicyclic) bond motifs is 1. The van der Waals surface area contributed by atoms with Gasteiger partial charge in [0.15, 0.2) is 0 Å². The molecule has 0 spiro atoms. The summed E-state index contributed by atoms with van der Waals surface area (Å²) in [7, 11) is 0. The molecule has 0 radical (unpaired) electrons. The molecule has 0 aliphatic heterocycles. The van der Waals surface area contributed by atoms with Crippen molar-refractivity contribution in [3.63, 3.8) is 0 Å². The Balaban J connectivity index is 2.39. The summed E-state index contributed by atoms with van der Waals surface area (Å²) in [4.78, 5) is 0. The highest BCUT2D eigenvalue weighted by atomic mass is 16.5. The highest BCUT2D eigenvalue weighted by Crippen LogP contribution is 2.22. The van der Waals surface area contributed by atoms with Gasteiger partial charge in [0.25, 0.3) is 0 Å². The second kappa shape index (κ2) is 4.67. The van der Waals surface area contributed by atoms with Crippen molar-refractivity contribution in [2.24, 2.45) is 0 Å². The lowest BCUT2D eigenvalue weighted by Gasteiger charge is -2.05. The Morgan fingerprint density at radius 2 is 1.75 bits per heavy atom. The van der Waals surface area contributed by atoms with E-state index in [1.807, 2.05) is 24.3 Å². The van der Waals surface area contributed by atoms with E-state index in [1.165, 1.54) is 10.8 Å². The van der Waals surface area contributed by atoms with Crippen LogP contribution in [0.15, 0.2) is 55.6 Å². The minimum Gasteiger partial charge on any atom is -0.490 e. The third-order valence-corrected chi connectivity index (χ3v) is 2.44. The summed E-state index contributed by atoms with van der Waals surface area (Å²) in [6.45, 7) is 7.92. The van der Waals surface area contributed by atoms with Crippen molar-refractivity contribution in [2.75, 3.05) is 6.61 Å². The average molecular weight is 210 g/mol. The van der Waals surface area contributed by atoms with Gasteiger partial charge in [0.2, 0.25) is 0 Å². The van der Waals surface area contributed by atoms with Crippen LogP contribution in [0.1, 0.15) is 5.56 Å². The van der Waals surface area contributed by atoms with E-state index in [1.54, 1.807) is 6.08 Å². The van der Waals surface area contributed by atoms with E-state index in [-0.39, 0.29) is 0 Å². The predicted molar refractivity (Wildman–Crippen MR) is 69.7 cm³/mol. The Morgan fingerprint density at radius 3 is 2.50 bits per heavy atom. The van der Waals surface area contributed by atoms with Crippen LogP contribution in [0.4, 0.5) is 0 Å². The zero-order valence-electron chi connectivity index (χ0n) is 9.15. The molecule has 0 aliphatic rings. The van der Waals surface area contributed by atoms with Crippen molar-refractivity contribution in [2.45, 2.75) is 0 Å². The summed E-state index contributed by atoms with van der Waals surface area (Å²) >= 11 is 0. The van der Waals surface area contributed by atoms with Gasteiger partial charge in [-0.2, -0.15) is 0 Å². The Hall–Kier alpha value is -2.02. The van der Waals surface area contributed by atoms with Gasteiger partial charge in [-0.3, -0.25) is 0 Å². The van der Waals surface area contributed by atoms with Crippen LogP contribution in [0.3, 0.4) is 0 Å². The summed E-state index contributed by atoms with van der Waals surface area (Å²) in [6.07, 6.45) is 3.59. The molecule has 0 amide bonds. The summed E-state index contributed by atoms with van der Waals surface area (Å²) in [5, 5.41) is 2.37. The molecule has 16 heavy (non-hydrogen) atoms. The molecule has 1 heteroatoms. The topological polar surface area (TPSA) is 9.23 Å². The lowest BCUT2D eigenvalue weighted by Crippen LogP contribution is -1.92. The highest BCUT2D eigenvalue weighted by Gasteiger charge is 1.97. The number of hydrogen-bond donors (Lipinski definition) is 0. The molecule has 2 rings (SSSR count). The normalized spacial score (nSPS) is 10.0. The summed E-state index contributed by atoms with van der Waals surface area (Å²) in [5.74, 6) is 0.874. The number of benzene rings is 2. The van der Waals surface area contributed by atoms with Crippen LogP contribution in [0.2, 0.25) is 0 Å². The molecular formula is C15H14O. The summed E-state index contributed by atoms with van der Waals surface area (Å²) in [5.41, 5.74) is 1.13. The van der Waals surface area contributed by atoms with Crippen LogP contribution in [-0.2, 0) is 0 Å². The van der Waals surface area contributed by atoms with Crippen molar-refractivity contribution >= 4 is 16.8 Å². The van der Waals surface area contributed by atoms with Crippen LogP contribution in [-0.4, -0.2) is 6.61 Å². The van der Waals surface area contributed by atoms with Gasteiger partial charge in [0.1, 0.15) is 12.4 Å². The average Bonchev–Trinajstić information content (AvgIpc) is 2.35. The van der Waals surface area contributed by atoms with Gasteiger partial charge in [-0.25, -0.2) is 0 Å². The van der Waals surface area contributed by atoms with Gasteiger partial charge in [-0.15, -0.1) is 0 Å². The standard InChI is InChI=1S/C15H14O/c1-3-9-16-15-8-7-13-10-12(4-2)5-6-14(13)11-15/h3-8,10-11H,1-2,9H2. The van der Waals surface area contributed by atoms with Gasteiger partial charge < -0.3 is 4.74 Å². The highest BCUT2D eigenvalue weighted by molar-refractivity contribution is 5.85. The van der Waals surface area contributed by atoms with Crippen molar-refractivity contribution in [3.05, 3.63) is 61.2 Å². The second-order valence-corrected chi connectivity index (χ2v) is 3.57. The van der Waals surface area contributed by atoms with Gasteiger partial charge in [0.05, 0.1) is 0 Å². The lowest BCUT2D eigenvalue weighted by molar-refractivity contribution is 0.364. The first-order chi connectivity index (χ1) is 7.83. The molecule has 0 fully saturated rings. The number of rotatable bonds is 4. The van der Waals surface area contributed by atoms with E-state index in [0.717, 1.165) is 11.3 Å². The Kier molecular flexibility index (Phi) is 3.06. The Labute approximate surface area is 95.7 Å². The maximum absolute atomic E-state index is 5.48. The number of hydrogen-bond acceptors (Lipinski definition) is 1. The summed E-state index contributed by atoms with van der Waals surface area (Å²) in [6, 6.07) is 12.3. The van der Waals surface area contributed by atoms with E-state index >= 15 is 0 Å². The molecule has 0 N–H and O–H groups in total. The minimum atomic E-state index is 0.538. The first-order valence-corrected chi connectivity index (χ1v) is 5.23. The molecule has 2 aromatic carbocycles. The molecule has 80 valence electrons. The smallest absolute Gasteiger partial charge is 0.120 e. The van der Waals surface area contributed by atoms with E-state index in [9.17, 15) is 0 Å². The molecule has 0 unspecified atom stereocenters. The molecule has 1 nitrogen and oxygen atoms in total. The molecule has 0 heterocycles. The number of ether oxygens (including phenoxy) is 1. The first-order valence-electron chi connectivity index (χ1n) is 5.23. The molecule has 0 saturated heterocycles. The molecule has 0 atom stereocenters. The van der Waals surface area contributed by atoms with Crippen LogP contribution in [0, 0.1) is 0 Å². The van der Waals surface area contributed by atoms with Crippen molar-refractivity contribution in [1.82, 2.24) is 0 Å². The zero-order valence-corrected chi connectivity index (χ0v) is 9.15. The van der Waals surface area contributed by atoms with Gasteiger partial charge in [-0.1, -0.05) is 43.5 Å². The molecular weight excluding hydrogens is 196 g/mol. The monoisotopic (exact) mass is 210 g/mol. The molecule has 0 aromatic heterocycles. The van der Waals surface area contributed by atoms with Crippen molar-refractivity contribution < 1.29 is 4.74 Å². The van der Waals surface area contributed by atoms with Gasteiger partial charge >= 0.3 is 0 Å². The third-order valence-electron chi connectivity index (χ3n) is 2.44. The Morgan fingerprint density at radius 1 is 1.00 bits per heavy atom. The summed E-state index contributed by atoms with van der Waals surface area (Å²) < 4.78 is 5.48. The van der Waals surface area contributed by atoms with E-state index in [0.29, 0.717) is 6.61 Å².